The van der Waals surface area contributed by atoms with E-state index in [9.17, 15) is 0 Å². The van der Waals surface area contributed by atoms with Crippen molar-refractivity contribution in [3.63, 3.8) is 0 Å². The lowest BCUT2D eigenvalue weighted by atomic mass is 10.1. The maximum absolute atomic E-state index is 8.96. The van der Waals surface area contributed by atoms with E-state index < -0.39 is 0 Å². The number of hydrogen-bond acceptors (Lipinski definition) is 3. The third-order valence-corrected chi connectivity index (χ3v) is 3.00. The van der Waals surface area contributed by atoms with Gasteiger partial charge < -0.3 is 15.7 Å². The minimum Gasteiger partial charge on any atom is -0.396 e. The molecule has 0 spiro atoms. The van der Waals surface area contributed by atoms with Gasteiger partial charge in [-0.05, 0) is 51.0 Å². The van der Waals surface area contributed by atoms with Crippen molar-refractivity contribution in [1.82, 2.24) is 0 Å². The molecule has 0 aliphatic carbocycles. The van der Waals surface area contributed by atoms with Gasteiger partial charge in [-0.1, -0.05) is 0 Å². The van der Waals surface area contributed by atoms with Crippen LogP contribution in [-0.4, -0.2) is 30.1 Å². The van der Waals surface area contributed by atoms with Crippen LogP contribution in [0.15, 0.2) is 18.2 Å². The SMILES string of the molecule is Cc1cc(C(=N)N)ccc1N(CCCO)C(C)C. The van der Waals surface area contributed by atoms with Gasteiger partial charge in [0.25, 0.3) is 0 Å². The average molecular weight is 249 g/mol. The Labute approximate surface area is 109 Å². The van der Waals surface area contributed by atoms with Gasteiger partial charge in [-0.3, -0.25) is 5.41 Å². The van der Waals surface area contributed by atoms with Crippen LogP contribution in [0.25, 0.3) is 0 Å². The summed E-state index contributed by atoms with van der Waals surface area (Å²) in [6.07, 6.45) is 0.756. The van der Waals surface area contributed by atoms with E-state index in [4.69, 9.17) is 16.2 Å². The van der Waals surface area contributed by atoms with E-state index in [0.29, 0.717) is 6.04 Å². The van der Waals surface area contributed by atoms with E-state index in [1.807, 2.05) is 25.1 Å². The number of nitrogens with one attached hydrogen (secondary N) is 1. The molecule has 4 heteroatoms. The van der Waals surface area contributed by atoms with Crippen molar-refractivity contribution in [2.24, 2.45) is 5.73 Å². The molecule has 0 aromatic heterocycles. The predicted molar refractivity (Wildman–Crippen MR) is 76.4 cm³/mol. The second kappa shape index (κ2) is 6.40. The van der Waals surface area contributed by atoms with Crippen LogP contribution in [0, 0.1) is 12.3 Å². The summed E-state index contributed by atoms with van der Waals surface area (Å²) in [5, 5.41) is 16.4. The average Bonchev–Trinajstić information content (AvgIpc) is 2.30. The Morgan fingerprint density at radius 2 is 2.11 bits per heavy atom. The van der Waals surface area contributed by atoms with E-state index in [1.165, 1.54) is 0 Å². The fourth-order valence-electron chi connectivity index (χ4n) is 2.04. The van der Waals surface area contributed by atoms with Crippen molar-refractivity contribution >= 4 is 11.5 Å². The third-order valence-electron chi connectivity index (χ3n) is 3.00. The van der Waals surface area contributed by atoms with E-state index in [1.54, 1.807) is 0 Å². The molecular formula is C14H23N3O. The minimum absolute atomic E-state index is 0.0936. The zero-order valence-corrected chi connectivity index (χ0v) is 11.4. The Balaban J connectivity index is 3.01. The van der Waals surface area contributed by atoms with Crippen LogP contribution in [0.5, 0.6) is 0 Å². The molecule has 0 atom stereocenters. The van der Waals surface area contributed by atoms with Crippen molar-refractivity contribution in [3.8, 4) is 0 Å². The summed E-state index contributed by atoms with van der Waals surface area (Å²) in [6.45, 7) is 7.32. The van der Waals surface area contributed by atoms with Gasteiger partial charge in [-0.25, -0.2) is 0 Å². The molecule has 100 valence electrons. The topological polar surface area (TPSA) is 73.3 Å². The van der Waals surface area contributed by atoms with E-state index in [0.717, 1.165) is 29.8 Å². The van der Waals surface area contributed by atoms with Crippen molar-refractivity contribution in [3.05, 3.63) is 29.3 Å². The van der Waals surface area contributed by atoms with Crippen molar-refractivity contribution in [1.29, 1.82) is 5.41 Å². The fourth-order valence-corrected chi connectivity index (χ4v) is 2.04. The van der Waals surface area contributed by atoms with Crippen molar-refractivity contribution in [2.75, 3.05) is 18.1 Å². The number of hydrogen-bond donors (Lipinski definition) is 3. The highest BCUT2D eigenvalue weighted by atomic mass is 16.3. The molecule has 4 nitrogen and oxygen atoms in total. The number of nitrogens with zero attached hydrogens (tertiary/aromatic N) is 1. The molecule has 0 bridgehead atoms. The van der Waals surface area contributed by atoms with Crippen LogP contribution in [0.3, 0.4) is 0 Å². The largest absolute Gasteiger partial charge is 0.396 e. The number of anilines is 1. The first-order chi connectivity index (χ1) is 8.47. The van der Waals surface area contributed by atoms with Gasteiger partial charge in [0.2, 0.25) is 0 Å². The first-order valence-electron chi connectivity index (χ1n) is 6.30. The Hall–Kier alpha value is -1.55. The van der Waals surface area contributed by atoms with Crippen LogP contribution in [0.1, 0.15) is 31.4 Å². The Morgan fingerprint density at radius 1 is 1.44 bits per heavy atom. The van der Waals surface area contributed by atoms with Gasteiger partial charge in [-0.2, -0.15) is 0 Å². The second-order valence-electron chi connectivity index (χ2n) is 4.78. The lowest BCUT2D eigenvalue weighted by Crippen LogP contribution is -2.32. The smallest absolute Gasteiger partial charge is 0.122 e. The maximum Gasteiger partial charge on any atom is 0.122 e. The van der Waals surface area contributed by atoms with Crippen LogP contribution in [0.4, 0.5) is 5.69 Å². The predicted octanol–water partition coefficient (Wildman–Crippen LogP) is 1.88. The number of amidine groups is 1. The van der Waals surface area contributed by atoms with E-state index >= 15 is 0 Å². The summed E-state index contributed by atoms with van der Waals surface area (Å²) in [7, 11) is 0. The molecule has 0 saturated heterocycles. The van der Waals surface area contributed by atoms with Gasteiger partial charge in [0.15, 0.2) is 0 Å². The van der Waals surface area contributed by atoms with Crippen LogP contribution in [0.2, 0.25) is 0 Å². The fraction of sp³-hybridized carbons (Fsp3) is 0.500. The normalized spacial score (nSPS) is 10.7. The van der Waals surface area contributed by atoms with Crippen molar-refractivity contribution < 1.29 is 5.11 Å². The Morgan fingerprint density at radius 3 is 2.56 bits per heavy atom. The molecule has 0 aliphatic heterocycles. The third kappa shape index (κ3) is 3.47. The summed E-state index contributed by atoms with van der Waals surface area (Å²) < 4.78 is 0. The van der Waals surface area contributed by atoms with Gasteiger partial charge >= 0.3 is 0 Å². The zero-order chi connectivity index (χ0) is 13.7. The molecule has 4 N–H and O–H groups in total. The summed E-state index contributed by atoms with van der Waals surface area (Å²) in [5.74, 6) is 0.0936. The number of benzene rings is 1. The summed E-state index contributed by atoms with van der Waals surface area (Å²) in [5.41, 5.74) is 8.49. The molecule has 0 radical (unpaired) electrons. The van der Waals surface area contributed by atoms with Gasteiger partial charge in [-0.15, -0.1) is 0 Å². The molecule has 0 saturated carbocycles. The van der Waals surface area contributed by atoms with Gasteiger partial charge in [0.1, 0.15) is 5.84 Å². The quantitative estimate of drug-likeness (QED) is 0.532. The number of aliphatic hydroxyl groups is 1. The molecule has 1 aromatic rings. The van der Waals surface area contributed by atoms with Crippen LogP contribution in [-0.2, 0) is 0 Å². The number of aliphatic hydroxyl groups excluding tert-OH is 1. The van der Waals surface area contributed by atoms with Crippen LogP contribution >= 0.6 is 0 Å². The highest BCUT2D eigenvalue weighted by Crippen LogP contribution is 2.23. The van der Waals surface area contributed by atoms with Crippen LogP contribution < -0.4 is 10.6 Å². The maximum atomic E-state index is 8.96. The minimum atomic E-state index is 0.0936. The van der Waals surface area contributed by atoms with Gasteiger partial charge in [0, 0.05) is 30.4 Å². The molecular weight excluding hydrogens is 226 g/mol. The number of nitrogens with two attached hydrogens (primary N) is 1. The summed E-state index contributed by atoms with van der Waals surface area (Å²) in [4.78, 5) is 2.26. The van der Waals surface area contributed by atoms with Crippen molar-refractivity contribution in [2.45, 2.75) is 33.2 Å². The molecule has 1 rings (SSSR count). The first kappa shape index (κ1) is 14.5. The highest BCUT2D eigenvalue weighted by molar-refractivity contribution is 5.95. The summed E-state index contributed by atoms with van der Waals surface area (Å²) >= 11 is 0. The molecule has 1 aromatic carbocycles. The number of rotatable bonds is 6. The molecule has 0 amide bonds. The Bertz CT molecular complexity index is 416. The van der Waals surface area contributed by atoms with E-state index in [2.05, 4.69) is 18.7 Å². The lowest BCUT2D eigenvalue weighted by Gasteiger charge is -2.30. The molecule has 0 fully saturated rings. The number of nitrogen functional groups attached to an aromatic ring is 1. The number of aryl methyl sites for hydroxylation is 1. The first-order valence-corrected chi connectivity index (χ1v) is 6.30. The lowest BCUT2D eigenvalue weighted by molar-refractivity contribution is 0.288. The van der Waals surface area contributed by atoms with E-state index in [-0.39, 0.29) is 12.4 Å². The molecule has 18 heavy (non-hydrogen) atoms. The molecule has 0 unspecified atom stereocenters. The summed E-state index contributed by atoms with van der Waals surface area (Å²) in [6, 6.07) is 6.19. The zero-order valence-electron chi connectivity index (χ0n) is 11.4. The molecule has 0 heterocycles. The monoisotopic (exact) mass is 249 g/mol. The standard InChI is InChI=1S/C14H23N3O/c1-10(2)17(7-4-8-18)13-6-5-12(14(15)16)9-11(13)3/h5-6,9-10,18H,4,7-8H2,1-3H3,(H3,15,16). The Kier molecular flexibility index (Phi) is 5.16. The highest BCUT2D eigenvalue weighted by Gasteiger charge is 2.13. The second-order valence-corrected chi connectivity index (χ2v) is 4.78. The molecule has 0 aliphatic rings. The van der Waals surface area contributed by atoms with Gasteiger partial charge in [0.05, 0.1) is 0 Å².